The predicted octanol–water partition coefficient (Wildman–Crippen LogP) is 2.04. The molecule has 3 aliphatic rings. The van der Waals surface area contributed by atoms with E-state index in [1.165, 1.54) is 38.5 Å². The van der Waals surface area contributed by atoms with Gasteiger partial charge in [-0.2, -0.15) is 0 Å². The zero-order valence-electron chi connectivity index (χ0n) is 12.3. The van der Waals surface area contributed by atoms with Gasteiger partial charge >= 0.3 is 0 Å². The number of ether oxygens (including phenoxy) is 1. The maximum Gasteiger partial charge on any atom is 0.151 e. The first-order valence-corrected chi connectivity index (χ1v) is 10.0. The Morgan fingerprint density at radius 2 is 1.85 bits per heavy atom. The first-order valence-electron chi connectivity index (χ1n) is 8.19. The second-order valence-corrected chi connectivity index (χ2v) is 9.11. The van der Waals surface area contributed by atoms with E-state index in [4.69, 9.17) is 4.74 Å². The minimum Gasteiger partial charge on any atom is -0.370 e. The fourth-order valence-electron chi connectivity index (χ4n) is 4.09. The summed E-state index contributed by atoms with van der Waals surface area (Å²) in [7, 11) is -2.81. The van der Waals surface area contributed by atoms with E-state index < -0.39 is 9.84 Å². The number of sulfone groups is 1. The predicted molar refractivity (Wildman–Crippen MR) is 79.6 cm³/mol. The van der Waals surface area contributed by atoms with Gasteiger partial charge < -0.3 is 10.1 Å². The minimum absolute atomic E-state index is 0.139. The van der Waals surface area contributed by atoms with Crippen molar-refractivity contribution in [2.75, 3.05) is 18.1 Å². The number of nitrogens with one attached hydrogen (secondary N) is 1. The summed E-state index contributed by atoms with van der Waals surface area (Å²) in [5, 5.41) is 3.44. The van der Waals surface area contributed by atoms with E-state index in [0.29, 0.717) is 11.5 Å². The number of rotatable bonds is 3. The van der Waals surface area contributed by atoms with Gasteiger partial charge in [0, 0.05) is 12.6 Å². The van der Waals surface area contributed by atoms with Crippen LogP contribution in [0.1, 0.15) is 57.8 Å². The topological polar surface area (TPSA) is 55.4 Å². The average Bonchev–Trinajstić information content (AvgIpc) is 2.79. The molecule has 0 amide bonds. The summed E-state index contributed by atoms with van der Waals surface area (Å²) in [5.41, 5.74) is 0.170. The summed E-state index contributed by atoms with van der Waals surface area (Å²) in [6, 6.07) is 0.139. The zero-order valence-corrected chi connectivity index (χ0v) is 13.1. The van der Waals surface area contributed by atoms with Crippen LogP contribution in [0.5, 0.6) is 0 Å². The van der Waals surface area contributed by atoms with E-state index in [1.54, 1.807) is 0 Å². The SMILES string of the molecule is O=S1(=O)CCCC(NCC2CCC3(CCCCC3)O2)C1. The Bertz CT molecular complexity index is 428. The molecule has 3 fully saturated rings. The first-order chi connectivity index (χ1) is 9.57. The second kappa shape index (κ2) is 5.93. The summed E-state index contributed by atoms with van der Waals surface area (Å²) < 4.78 is 29.6. The second-order valence-electron chi connectivity index (χ2n) is 6.88. The van der Waals surface area contributed by atoms with E-state index in [0.717, 1.165) is 25.8 Å². The third-order valence-corrected chi connectivity index (χ3v) is 7.02. The largest absolute Gasteiger partial charge is 0.370 e. The van der Waals surface area contributed by atoms with Gasteiger partial charge in [0.1, 0.15) is 0 Å². The van der Waals surface area contributed by atoms with Gasteiger partial charge in [0.05, 0.1) is 23.2 Å². The van der Waals surface area contributed by atoms with E-state index in [9.17, 15) is 8.42 Å². The van der Waals surface area contributed by atoms with Crippen LogP contribution in [0, 0.1) is 0 Å². The molecule has 5 heteroatoms. The van der Waals surface area contributed by atoms with Crippen molar-refractivity contribution in [1.82, 2.24) is 5.32 Å². The van der Waals surface area contributed by atoms with E-state index in [2.05, 4.69) is 5.32 Å². The van der Waals surface area contributed by atoms with Crippen molar-refractivity contribution in [1.29, 1.82) is 0 Å². The molecule has 0 radical (unpaired) electrons. The summed E-state index contributed by atoms with van der Waals surface area (Å²) in [4.78, 5) is 0. The van der Waals surface area contributed by atoms with Crippen LogP contribution < -0.4 is 5.32 Å². The molecular weight excluding hydrogens is 274 g/mol. The van der Waals surface area contributed by atoms with Gasteiger partial charge in [-0.05, 0) is 38.5 Å². The lowest BCUT2D eigenvalue weighted by Crippen LogP contribution is -2.43. The van der Waals surface area contributed by atoms with Gasteiger partial charge in [0.25, 0.3) is 0 Å². The first kappa shape index (κ1) is 14.8. The molecule has 2 saturated heterocycles. The highest BCUT2D eigenvalue weighted by atomic mass is 32.2. The fourth-order valence-corrected chi connectivity index (χ4v) is 5.76. The van der Waals surface area contributed by atoms with Gasteiger partial charge in [0.2, 0.25) is 0 Å². The molecule has 2 atom stereocenters. The van der Waals surface area contributed by atoms with Gasteiger partial charge in [-0.15, -0.1) is 0 Å². The Hall–Kier alpha value is -0.130. The molecule has 0 aromatic heterocycles. The Morgan fingerprint density at radius 3 is 2.60 bits per heavy atom. The van der Waals surface area contributed by atoms with Crippen LogP contribution in [0.4, 0.5) is 0 Å². The van der Waals surface area contributed by atoms with Crippen LogP contribution >= 0.6 is 0 Å². The highest BCUT2D eigenvalue weighted by Crippen LogP contribution is 2.41. The molecule has 0 aromatic carbocycles. The molecule has 1 N–H and O–H groups in total. The molecule has 4 nitrogen and oxygen atoms in total. The lowest BCUT2D eigenvalue weighted by atomic mass is 9.83. The third-order valence-electron chi connectivity index (χ3n) is 5.20. The number of hydrogen-bond acceptors (Lipinski definition) is 4. The molecular formula is C15H27NO3S. The van der Waals surface area contributed by atoms with Gasteiger partial charge in [-0.1, -0.05) is 19.3 Å². The van der Waals surface area contributed by atoms with Gasteiger partial charge in [-0.25, -0.2) is 8.42 Å². The monoisotopic (exact) mass is 301 g/mol. The number of hydrogen-bond donors (Lipinski definition) is 1. The smallest absolute Gasteiger partial charge is 0.151 e. The van der Waals surface area contributed by atoms with Crippen molar-refractivity contribution in [2.45, 2.75) is 75.5 Å². The van der Waals surface area contributed by atoms with Crippen LogP contribution in [-0.2, 0) is 14.6 Å². The molecule has 116 valence electrons. The van der Waals surface area contributed by atoms with Crippen molar-refractivity contribution in [2.24, 2.45) is 0 Å². The summed E-state index contributed by atoms with van der Waals surface area (Å²) >= 11 is 0. The molecule has 1 saturated carbocycles. The normalized spacial score (nSPS) is 36.2. The van der Waals surface area contributed by atoms with Crippen molar-refractivity contribution in [3.63, 3.8) is 0 Å². The van der Waals surface area contributed by atoms with Gasteiger partial charge in [-0.3, -0.25) is 0 Å². The summed E-state index contributed by atoms with van der Waals surface area (Å²) in [6.07, 6.45) is 10.8. The molecule has 20 heavy (non-hydrogen) atoms. The Balaban J connectivity index is 1.45. The fraction of sp³-hybridized carbons (Fsp3) is 1.00. The average molecular weight is 301 g/mol. The molecule has 1 aliphatic carbocycles. The van der Waals surface area contributed by atoms with Crippen molar-refractivity contribution >= 4 is 9.84 Å². The summed E-state index contributed by atoms with van der Waals surface area (Å²) in [5.74, 6) is 0.680. The highest BCUT2D eigenvalue weighted by molar-refractivity contribution is 7.91. The van der Waals surface area contributed by atoms with Crippen LogP contribution in [0.3, 0.4) is 0 Å². The van der Waals surface area contributed by atoms with Crippen LogP contribution in [0.2, 0.25) is 0 Å². The molecule has 2 heterocycles. The van der Waals surface area contributed by atoms with Gasteiger partial charge in [0.15, 0.2) is 9.84 Å². The minimum atomic E-state index is -2.81. The Morgan fingerprint density at radius 1 is 1.05 bits per heavy atom. The van der Waals surface area contributed by atoms with Crippen LogP contribution in [0.15, 0.2) is 0 Å². The standard InChI is InChI=1S/C15H27NO3S/c17-20(18)10-4-5-13(12-20)16-11-14-6-9-15(19-14)7-2-1-3-8-15/h13-14,16H,1-12H2. The van der Waals surface area contributed by atoms with Crippen molar-refractivity contribution in [3.8, 4) is 0 Å². The summed E-state index contributed by atoms with van der Waals surface area (Å²) in [6.45, 7) is 0.821. The van der Waals surface area contributed by atoms with Crippen molar-refractivity contribution < 1.29 is 13.2 Å². The van der Waals surface area contributed by atoms with Crippen LogP contribution in [-0.4, -0.2) is 44.2 Å². The maximum atomic E-state index is 11.6. The molecule has 0 bridgehead atoms. The quantitative estimate of drug-likeness (QED) is 0.866. The Labute approximate surface area is 122 Å². The molecule has 2 aliphatic heterocycles. The molecule has 3 rings (SSSR count). The van der Waals surface area contributed by atoms with E-state index >= 15 is 0 Å². The third kappa shape index (κ3) is 3.55. The Kier molecular flexibility index (Phi) is 4.39. The molecule has 2 unspecified atom stereocenters. The highest BCUT2D eigenvalue weighted by Gasteiger charge is 2.40. The van der Waals surface area contributed by atoms with Crippen molar-refractivity contribution in [3.05, 3.63) is 0 Å². The molecule has 1 spiro atoms. The molecule has 0 aromatic rings. The lowest BCUT2D eigenvalue weighted by Gasteiger charge is -2.33. The zero-order chi connectivity index (χ0) is 14.1. The lowest BCUT2D eigenvalue weighted by molar-refractivity contribution is -0.0628. The van der Waals surface area contributed by atoms with Crippen LogP contribution in [0.25, 0.3) is 0 Å². The van der Waals surface area contributed by atoms with E-state index in [-0.39, 0.29) is 17.7 Å². The van der Waals surface area contributed by atoms with E-state index in [1.807, 2.05) is 0 Å². The maximum absolute atomic E-state index is 11.6.